The number of ether oxygens (including phenoxy) is 3. The summed E-state index contributed by atoms with van der Waals surface area (Å²) in [4.78, 5) is 33.0. The number of anilines is 1. The maximum Gasteiger partial charge on any atom is 0.284 e. The number of piperidine rings is 1. The average Bonchev–Trinajstić information content (AvgIpc) is 3.48. The van der Waals surface area contributed by atoms with Gasteiger partial charge >= 0.3 is 0 Å². The molecule has 51 heavy (non-hydrogen) atoms. The number of methoxy groups -OCH3 is 1. The van der Waals surface area contributed by atoms with E-state index in [1.807, 2.05) is 24.3 Å². The summed E-state index contributed by atoms with van der Waals surface area (Å²) in [7, 11) is 3.68. The monoisotopic (exact) mass is 693 g/mol. The van der Waals surface area contributed by atoms with Crippen LogP contribution in [0.15, 0.2) is 96.1 Å². The highest BCUT2D eigenvalue weighted by Gasteiger charge is 2.25. The Morgan fingerprint density at radius 2 is 1.71 bits per heavy atom. The highest BCUT2D eigenvalue weighted by molar-refractivity contribution is 6.04. The molecule has 4 heterocycles. The Morgan fingerprint density at radius 1 is 0.941 bits per heavy atom. The zero-order chi connectivity index (χ0) is 35.5. The highest BCUT2D eigenvalue weighted by atomic mass is 19.1. The second-order valence-electron chi connectivity index (χ2n) is 12.1. The van der Waals surface area contributed by atoms with Gasteiger partial charge in [-0.05, 0) is 80.1 Å². The van der Waals surface area contributed by atoms with E-state index in [4.69, 9.17) is 19.3 Å². The molecule has 0 unspecified atom stereocenters. The van der Waals surface area contributed by atoms with Crippen LogP contribution in [0.3, 0.4) is 0 Å². The van der Waals surface area contributed by atoms with Gasteiger partial charge < -0.3 is 24.4 Å². The van der Waals surface area contributed by atoms with Gasteiger partial charge in [0.15, 0.2) is 17.2 Å². The Morgan fingerprint density at radius 3 is 2.43 bits per heavy atom. The lowest BCUT2D eigenvalue weighted by Gasteiger charge is -2.28. The van der Waals surface area contributed by atoms with E-state index in [1.165, 1.54) is 48.7 Å². The molecule has 1 aliphatic heterocycles. The predicted octanol–water partition coefficient (Wildman–Crippen LogP) is 5.83. The molecule has 0 aliphatic carbocycles. The number of rotatable bonds is 10. The van der Waals surface area contributed by atoms with Gasteiger partial charge in [0, 0.05) is 43.3 Å². The quantitative estimate of drug-likeness (QED) is 0.189. The SMILES string of the molecule is COc1ccc(Cn2nc(OC3CCN(C)CC3)c3c(Oc4ccc(NC(=O)c5ccnn(-c6ccc(F)cc6)c5=O)cc4F)ccnc32)cc1. The fraction of sp³-hybridized carbons (Fsp3) is 0.216. The van der Waals surface area contributed by atoms with Crippen molar-refractivity contribution in [2.45, 2.75) is 25.5 Å². The summed E-state index contributed by atoms with van der Waals surface area (Å²) in [6.07, 6.45) is 4.41. The molecular formula is C37H33F2N7O5. The van der Waals surface area contributed by atoms with Crippen molar-refractivity contribution in [1.29, 1.82) is 0 Å². The number of amides is 1. The van der Waals surface area contributed by atoms with E-state index in [1.54, 1.807) is 24.1 Å². The van der Waals surface area contributed by atoms with Crippen molar-refractivity contribution in [3.8, 4) is 28.8 Å². The largest absolute Gasteiger partial charge is 0.497 e. The number of carbonyl (C=O) groups is 1. The number of benzene rings is 3. The second kappa shape index (κ2) is 14.4. The lowest BCUT2D eigenvalue weighted by atomic mass is 10.1. The molecule has 0 spiro atoms. The number of hydrogen-bond acceptors (Lipinski definition) is 9. The number of hydrogen-bond donors (Lipinski definition) is 1. The number of likely N-dealkylation sites (tertiary alicyclic amines) is 1. The van der Waals surface area contributed by atoms with Gasteiger partial charge in [0.25, 0.3) is 11.5 Å². The number of carbonyl (C=O) groups excluding carboxylic acids is 1. The molecule has 14 heteroatoms. The first-order valence-corrected chi connectivity index (χ1v) is 16.2. The van der Waals surface area contributed by atoms with Crippen molar-refractivity contribution in [3.05, 3.63) is 124 Å². The molecular weight excluding hydrogens is 660 g/mol. The number of nitrogens with zero attached hydrogens (tertiary/aromatic N) is 6. The predicted molar refractivity (Wildman–Crippen MR) is 185 cm³/mol. The Labute approximate surface area is 290 Å². The number of nitrogens with one attached hydrogen (secondary N) is 1. The third-order valence-electron chi connectivity index (χ3n) is 8.57. The first-order valence-electron chi connectivity index (χ1n) is 16.2. The minimum atomic E-state index is -0.776. The van der Waals surface area contributed by atoms with Gasteiger partial charge in [-0.15, -0.1) is 5.10 Å². The third-order valence-corrected chi connectivity index (χ3v) is 8.57. The van der Waals surface area contributed by atoms with E-state index in [2.05, 4.69) is 27.3 Å². The normalized spacial score (nSPS) is 13.6. The van der Waals surface area contributed by atoms with Crippen LogP contribution in [0.1, 0.15) is 28.8 Å². The van der Waals surface area contributed by atoms with Gasteiger partial charge in [-0.25, -0.2) is 18.4 Å². The van der Waals surface area contributed by atoms with E-state index in [0.29, 0.717) is 23.5 Å². The van der Waals surface area contributed by atoms with E-state index in [-0.39, 0.29) is 34.5 Å². The lowest BCUT2D eigenvalue weighted by molar-refractivity contribution is 0.102. The summed E-state index contributed by atoms with van der Waals surface area (Å²) in [6.45, 7) is 2.16. The molecule has 1 saturated heterocycles. The van der Waals surface area contributed by atoms with Crippen LogP contribution in [0.5, 0.6) is 23.1 Å². The van der Waals surface area contributed by atoms with Crippen molar-refractivity contribution in [3.63, 3.8) is 0 Å². The summed E-state index contributed by atoms with van der Waals surface area (Å²) in [6, 6.07) is 19.5. The average molecular weight is 694 g/mol. The third kappa shape index (κ3) is 7.26. The Kier molecular flexibility index (Phi) is 9.40. The number of fused-ring (bicyclic) bond motifs is 1. The summed E-state index contributed by atoms with van der Waals surface area (Å²) >= 11 is 0. The Hall–Kier alpha value is -6.15. The van der Waals surface area contributed by atoms with Crippen LogP contribution in [0.2, 0.25) is 0 Å². The van der Waals surface area contributed by atoms with E-state index < -0.39 is 23.1 Å². The van der Waals surface area contributed by atoms with E-state index in [9.17, 15) is 14.0 Å². The standard InChI is InChI=1S/C37H33F2N7O5/c1-44-19-15-28(16-20-44)50-36-33-32(14-17-40-34(33)45(43-36)22-23-3-10-27(49-2)11-4-23)51-31-12-7-25(21-30(31)39)42-35(47)29-13-18-41-46(37(29)48)26-8-5-24(38)6-9-26/h3-14,17-18,21,28H,15-16,19-20,22H2,1-2H3,(H,42,47). The molecule has 6 aromatic rings. The van der Waals surface area contributed by atoms with Gasteiger partial charge in [0.05, 0.1) is 19.3 Å². The van der Waals surface area contributed by atoms with Crippen LogP contribution in [0, 0.1) is 11.6 Å². The van der Waals surface area contributed by atoms with Crippen molar-refractivity contribution < 1.29 is 27.8 Å². The van der Waals surface area contributed by atoms with Gasteiger partial charge in [-0.3, -0.25) is 9.59 Å². The van der Waals surface area contributed by atoms with Crippen LogP contribution >= 0.6 is 0 Å². The fourth-order valence-electron chi connectivity index (χ4n) is 5.81. The minimum Gasteiger partial charge on any atom is -0.497 e. The molecule has 1 N–H and O–H groups in total. The summed E-state index contributed by atoms with van der Waals surface area (Å²) in [5.74, 6) is -0.774. The molecule has 0 atom stereocenters. The molecule has 3 aromatic heterocycles. The van der Waals surface area contributed by atoms with Crippen molar-refractivity contribution in [2.24, 2.45) is 0 Å². The first kappa shape index (κ1) is 33.4. The molecule has 0 saturated carbocycles. The van der Waals surface area contributed by atoms with Crippen LogP contribution in [-0.4, -0.2) is 68.7 Å². The topological polar surface area (TPSA) is 126 Å². The zero-order valence-electron chi connectivity index (χ0n) is 27.8. The molecule has 12 nitrogen and oxygen atoms in total. The summed E-state index contributed by atoms with van der Waals surface area (Å²) in [5, 5.41) is 11.8. The van der Waals surface area contributed by atoms with Crippen LogP contribution < -0.4 is 25.1 Å². The Bertz CT molecular complexity index is 2250. The maximum absolute atomic E-state index is 15.6. The van der Waals surface area contributed by atoms with Gasteiger partial charge in [0.1, 0.15) is 34.4 Å². The molecule has 1 fully saturated rings. The number of halogens is 2. The summed E-state index contributed by atoms with van der Waals surface area (Å²) < 4.78 is 49.5. The van der Waals surface area contributed by atoms with E-state index >= 15 is 4.39 Å². The fourth-order valence-corrected chi connectivity index (χ4v) is 5.81. The molecule has 1 amide bonds. The molecule has 1 aliphatic rings. The highest BCUT2D eigenvalue weighted by Crippen LogP contribution is 2.38. The molecule has 0 radical (unpaired) electrons. The zero-order valence-corrected chi connectivity index (χ0v) is 27.8. The van der Waals surface area contributed by atoms with Gasteiger partial charge in [-0.2, -0.15) is 9.78 Å². The molecule has 3 aromatic carbocycles. The number of aromatic nitrogens is 5. The summed E-state index contributed by atoms with van der Waals surface area (Å²) in [5.41, 5.74) is 0.864. The van der Waals surface area contributed by atoms with Crippen molar-refractivity contribution in [1.82, 2.24) is 29.4 Å². The molecule has 7 rings (SSSR count). The number of pyridine rings is 1. The maximum atomic E-state index is 15.6. The van der Waals surface area contributed by atoms with Gasteiger partial charge in [0.2, 0.25) is 5.88 Å². The van der Waals surface area contributed by atoms with Crippen molar-refractivity contribution >= 4 is 22.6 Å². The van der Waals surface area contributed by atoms with Crippen molar-refractivity contribution in [2.75, 3.05) is 32.6 Å². The Balaban J connectivity index is 1.15. The first-order chi connectivity index (χ1) is 24.7. The molecule has 0 bridgehead atoms. The lowest BCUT2D eigenvalue weighted by Crippen LogP contribution is -2.35. The van der Waals surface area contributed by atoms with E-state index in [0.717, 1.165) is 48.0 Å². The van der Waals surface area contributed by atoms with Crippen LogP contribution in [0.4, 0.5) is 14.5 Å². The smallest absolute Gasteiger partial charge is 0.284 e. The second-order valence-corrected chi connectivity index (χ2v) is 12.1. The van der Waals surface area contributed by atoms with Crippen LogP contribution in [0.25, 0.3) is 16.7 Å². The van der Waals surface area contributed by atoms with Gasteiger partial charge in [-0.1, -0.05) is 12.1 Å². The minimum absolute atomic E-state index is 0.0679. The molecule has 260 valence electrons. The van der Waals surface area contributed by atoms with Crippen LogP contribution in [-0.2, 0) is 6.54 Å².